The number of fused-ring (bicyclic) bond motifs is 1. The lowest BCUT2D eigenvalue weighted by atomic mass is 9.94. The molecule has 1 unspecified atom stereocenters. The molecule has 3 heteroatoms. The molecule has 1 atom stereocenters. The van der Waals surface area contributed by atoms with Crippen LogP contribution in [0.4, 0.5) is 4.39 Å². The van der Waals surface area contributed by atoms with Gasteiger partial charge in [0.15, 0.2) is 0 Å². The van der Waals surface area contributed by atoms with Crippen LogP contribution in [0.1, 0.15) is 22.7 Å². The molecule has 0 saturated carbocycles. The largest absolute Gasteiger partial charge is 0.309 e. The summed E-state index contributed by atoms with van der Waals surface area (Å²) in [4.78, 5) is 4.30. The van der Waals surface area contributed by atoms with Gasteiger partial charge in [-0.1, -0.05) is 42.0 Å². The molecule has 0 aliphatic carbocycles. The van der Waals surface area contributed by atoms with Crippen molar-refractivity contribution in [3.8, 4) is 0 Å². The Morgan fingerprint density at radius 3 is 2.67 bits per heavy atom. The van der Waals surface area contributed by atoms with Crippen LogP contribution >= 0.6 is 0 Å². The van der Waals surface area contributed by atoms with Crippen LogP contribution in [0.25, 0.3) is 10.8 Å². The number of halogens is 1. The van der Waals surface area contributed by atoms with Crippen LogP contribution in [0, 0.1) is 12.7 Å². The average Bonchev–Trinajstić information content (AvgIpc) is 2.51. The van der Waals surface area contributed by atoms with Gasteiger partial charge in [0.05, 0.1) is 6.04 Å². The van der Waals surface area contributed by atoms with E-state index in [1.54, 1.807) is 6.07 Å². The van der Waals surface area contributed by atoms with Crippen LogP contribution in [0.2, 0.25) is 0 Å². The molecule has 1 heterocycles. The maximum Gasteiger partial charge on any atom is 0.128 e. The zero-order valence-electron chi connectivity index (χ0n) is 12.1. The van der Waals surface area contributed by atoms with Crippen LogP contribution in [0.15, 0.2) is 54.9 Å². The molecule has 0 saturated heterocycles. The smallest absolute Gasteiger partial charge is 0.128 e. The molecule has 2 aromatic carbocycles. The van der Waals surface area contributed by atoms with Gasteiger partial charge in [0.1, 0.15) is 5.82 Å². The van der Waals surface area contributed by atoms with Gasteiger partial charge in [-0.15, -0.1) is 0 Å². The fourth-order valence-corrected chi connectivity index (χ4v) is 2.73. The Hall–Kier alpha value is -2.26. The number of aromatic nitrogens is 1. The van der Waals surface area contributed by atoms with E-state index in [4.69, 9.17) is 0 Å². The van der Waals surface area contributed by atoms with Crippen LogP contribution < -0.4 is 5.32 Å². The summed E-state index contributed by atoms with van der Waals surface area (Å²) >= 11 is 0. The lowest BCUT2D eigenvalue weighted by Gasteiger charge is -2.20. The fourth-order valence-electron chi connectivity index (χ4n) is 2.73. The number of nitrogens with one attached hydrogen (secondary N) is 1. The summed E-state index contributed by atoms with van der Waals surface area (Å²) in [5, 5.41) is 5.36. The first-order valence-electron chi connectivity index (χ1n) is 6.96. The average molecular weight is 280 g/mol. The van der Waals surface area contributed by atoms with Gasteiger partial charge < -0.3 is 5.32 Å². The van der Waals surface area contributed by atoms with Crippen molar-refractivity contribution in [1.82, 2.24) is 10.3 Å². The Kier molecular flexibility index (Phi) is 3.67. The van der Waals surface area contributed by atoms with Crippen molar-refractivity contribution in [3.63, 3.8) is 0 Å². The second-order valence-electron chi connectivity index (χ2n) is 5.20. The standard InChI is InChI=1S/C18H17FN2/c1-12-7-8-17(19)15(9-12)18(20-2)16-11-21-10-13-5-3-4-6-14(13)16/h3-11,18,20H,1-2H3. The van der Waals surface area contributed by atoms with E-state index < -0.39 is 0 Å². The van der Waals surface area contributed by atoms with E-state index in [2.05, 4.69) is 10.3 Å². The summed E-state index contributed by atoms with van der Waals surface area (Å²) in [6, 6.07) is 13.0. The minimum atomic E-state index is -0.219. The van der Waals surface area contributed by atoms with E-state index in [9.17, 15) is 4.39 Å². The first-order chi connectivity index (χ1) is 10.2. The molecular formula is C18H17FN2. The molecule has 3 rings (SSSR count). The highest BCUT2D eigenvalue weighted by molar-refractivity contribution is 5.85. The van der Waals surface area contributed by atoms with Gasteiger partial charge in [-0.05, 0) is 31.0 Å². The number of hydrogen-bond acceptors (Lipinski definition) is 2. The highest BCUT2D eigenvalue weighted by Gasteiger charge is 2.18. The minimum absolute atomic E-state index is 0.201. The summed E-state index contributed by atoms with van der Waals surface area (Å²) in [6.45, 7) is 1.97. The summed E-state index contributed by atoms with van der Waals surface area (Å²) in [5.74, 6) is -0.201. The molecule has 3 aromatic rings. The Balaban J connectivity index is 2.21. The summed E-state index contributed by atoms with van der Waals surface area (Å²) in [7, 11) is 1.84. The molecule has 1 aromatic heterocycles. The lowest BCUT2D eigenvalue weighted by molar-refractivity contribution is 0.576. The zero-order valence-corrected chi connectivity index (χ0v) is 12.1. The van der Waals surface area contributed by atoms with Crippen molar-refractivity contribution < 1.29 is 4.39 Å². The van der Waals surface area contributed by atoms with E-state index in [0.717, 1.165) is 21.9 Å². The number of aryl methyl sites for hydroxylation is 1. The molecule has 0 fully saturated rings. The van der Waals surface area contributed by atoms with E-state index in [1.165, 1.54) is 6.07 Å². The summed E-state index contributed by atoms with van der Waals surface area (Å²) in [6.07, 6.45) is 3.64. The third-order valence-electron chi connectivity index (χ3n) is 3.76. The maximum absolute atomic E-state index is 14.2. The molecule has 2 nitrogen and oxygen atoms in total. The second kappa shape index (κ2) is 5.62. The van der Waals surface area contributed by atoms with Crippen molar-refractivity contribution >= 4 is 10.8 Å². The van der Waals surface area contributed by atoms with Crippen molar-refractivity contribution in [1.29, 1.82) is 0 Å². The molecule has 0 radical (unpaired) electrons. The maximum atomic E-state index is 14.2. The molecule has 0 amide bonds. The third-order valence-corrected chi connectivity index (χ3v) is 3.76. The normalized spacial score (nSPS) is 12.5. The molecule has 1 N–H and O–H groups in total. The van der Waals surface area contributed by atoms with Crippen LogP contribution in [0.3, 0.4) is 0 Å². The molecule has 0 aliphatic rings. The zero-order chi connectivity index (χ0) is 14.8. The van der Waals surface area contributed by atoms with E-state index >= 15 is 0 Å². The van der Waals surface area contributed by atoms with Crippen LogP contribution in [-0.2, 0) is 0 Å². The van der Waals surface area contributed by atoms with Crippen LogP contribution in [0.5, 0.6) is 0 Å². The van der Waals surface area contributed by atoms with Gasteiger partial charge in [0.25, 0.3) is 0 Å². The van der Waals surface area contributed by atoms with E-state index in [0.29, 0.717) is 5.56 Å². The predicted molar refractivity (Wildman–Crippen MR) is 83.8 cm³/mol. The number of pyridine rings is 1. The Bertz CT molecular complexity index is 778. The van der Waals surface area contributed by atoms with E-state index in [1.807, 2.05) is 56.7 Å². The molecule has 0 aliphatic heterocycles. The van der Waals surface area contributed by atoms with Gasteiger partial charge >= 0.3 is 0 Å². The van der Waals surface area contributed by atoms with Gasteiger partial charge in [0.2, 0.25) is 0 Å². The van der Waals surface area contributed by atoms with Crippen molar-refractivity contribution in [2.24, 2.45) is 0 Å². The molecule has 21 heavy (non-hydrogen) atoms. The predicted octanol–water partition coefficient (Wildman–Crippen LogP) is 3.99. The second-order valence-corrected chi connectivity index (χ2v) is 5.20. The fraction of sp³-hybridized carbons (Fsp3) is 0.167. The molecule has 0 spiro atoms. The number of hydrogen-bond donors (Lipinski definition) is 1. The van der Waals surface area contributed by atoms with Gasteiger partial charge in [-0.25, -0.2) is 4.39 Å². The molecule has 106 valence electrons. The Morgan fingerprint density at radius 1 is 1.05 bits per heavy atom. The Labute approximate surface area is 123 Å². The third kappa shape index (κ3) is 2.52. The monoisotopic (exact) mass is 280 g/mol. The SMILES string of the molecule is CNC(c1cc(C)ccc1F)c1cncc2ccccc12. The highest BCUT2D eigenvalue weighted by atomic mass is 19.1. The molecular weight excluding hydrogens is 263 g/mol. The highest BCUT2D eigenvalue weighted by Crippen LogP contribution is 2.29. The number of nitrogens with zero attached hydrogens (tertiary/aromatic N) is 1. The Morgan fingerprint density at radius 2 is 1.86 bits per heavy atom. The lowest BCUT2D eigenvalue weighted by Crippen LogP contribution is -2.19. The first kappa shape index (κ1) is 13.7. The van der Waals surface area contributed by atoms with Crippen molar-refractivity contribution in [2.75, 3.05) is 7.05 Å². The first-order valence-corrected chi connectivity index (χ1v) is 6.96. The van der Waals surface area contributed by atoms with Crippen molar-refractivity contribution in [3.05, 3.63) is 77.4 Å². The summed E-state index contributed by atoms with van der Waals surface area (Å²) in [5.41, 5.74) is 2.68. The van der Waals surface area contributed by atoms with Gasteiger partial charge in [-0.3, -0.25) is 4.98 Å². The van der Waals surface area contributed by atoms with E-state index in [-0.39, 0.29) is 11.9 Å². The topological polar surface area (TPSA) is 24.9 Å². The van der Waals surface area contributed by atoms with Crippen LogP contribution in [-0.4, -0.2) is 12.0 Å². The minimum Gasteiger partial charge on any atom is -0.309 e. The quantitative estimate of drug-likeness (QED) is 0.784. The number of rotatable bonds is 3. The van der Waals surface area contributed by atoms with Gasteiger partial charge in [0, 0.05) is 23.3 Å². The number of benzene rings is 2. The summed E-state index contributed by atoms with van der Waals surface area (Å²) < 4.78 is 14.2. The molecule has 0 bridgehead atoms. The van der Waals surface area contributed by atoms with Crippen molar-refractivity contribution in [2.45, 2.75) is 13.0 Å². The van der Waals surface area contributed by atoms with Gasteiger partial charge in [-0.2, -0.15) is 0 Å².